The number of amides is 2. The van der Waals surface area contributed by atoms with Gasteiger partial charge in [-0.1, -0.05) is 73.3 Å². The maximum atomic E-state index is 12.1. The van der Waals surface area contributed by atoms with Gasteiger partial charge in [0, 0.05) is 18.6 Å². The molecule has 0 aliphatic rings. The second-order valence-electron chi connectivity index (χ2n) is 7.91. The third-order valence-electron chi connectivity index (χ3n) is 5.61. The summed E-state index contributed by atoms with van der Waals surface area (Å²) >= 11 is 0. The Morgan fingerprint density at radius 2 is 1.42 bits per heavy atom. The molecule has 0 bridgehead atoms. The molecule has 2 atom stereocenters. The Balaban J connectivity index is 1.66. The molecule has 0 aliphatic heterocycles. The van der Waals surface area contributed by atoms with Crippen LogP contribution in [0.4, 0.5) is 0 Å². The molecule has 3 aromatic rings. The maximum Gasteiger partial charge on any atom is 0.309 e. The molecule has 0 saturated heterocycles. The molecule has 3 N–H and O–H groups in total. The largest absolute Gasteiger partial charge is 0.344 e. The van der Waals surface area contributed by atoms with E-state index in [0.717, 1.165) is 17.2 Å². The quantitative estimate of drug-likeness (QED) is 0.347. The van der Waals surface area contributed by atoms with Crippen LogP contribution in [0.2, 0.25) is 0 Å². The molecule has 0 fully saturated rings. The summed E-state index contributed by atoms with van der Waals surface area (Å²) in [5.41, 5.74) is 3.16. The van der Waals surface area contributed by atoms with Crippen LogP contribution in [0.1, 0.15) is 42.6 Å². The predicted molar refractivity (Wildman–Crippen MR) is 130 cm³/mol. The summed E-state index contributed by atoms with van der Waals surface area (Å²) in [6, 6.07) is 22.5. The van der Waals surface area contributed by atoms with Crippen LogP contribution in [0.3, 0.4) is 0 Å². The van der Waals surface area contributed by atoms with Crippen LogP contribution < -0.4 is 16.0 Å². The summed E-state index contributed by atoms with van der Waals surface area (Å²) < 4.78 is 0. The molecule has 3 rings (SSSR count). The first-order valence-electron chi connectivity index (χ1n) is 10.9. The fourth-order valence-corrected chi connectivity index (χ4v) is 3.88. The smallest absolute Gasteiger partial charge is 0.309 e. The van der Waals surface area contributed by atoms with Crippen LogP contribution in [0.5, 0.6) is 0 Å². The van der Waals surface area contributed by atoms with Crippen molar-refractivity contribution in [2.45, 2.75) is 32.5 Å². The van der Waals surface area contributed by atoms with E-state index in [9.17, 15) is 14.4 Å². The van der Waals surface area contributed by atoms with Crippen LogP contribution in [-0.4, -0.2) is 24.1 Å². The van der Waals surface area contributed by atoms with Crippen molar-refractivity contribution < 1.29 is 14.4 Å². The standard InChI is InChI=1S/C27H29N3O3/c1-4-22(31)17-29-27(33)26(32)28-16-21-11-6-7-13-23(21)18(2)30-19(3)24-15-9-12-20-10-5-8-14-25(20)24/h4-15,18-19,30H,1,16-17H2,2-3H3,(H,28,32)(H,29,33)/t18?,19-/m1/s1. The van der Waals surface area contributed by atoms with Crippen molar-refractivity contribution in [2.24, 2.45) is 0 Å². The Bertz CT molecular complexity index is 1170. The van der Waals surface area contributed by atoms with E-state index in [4.69, 9.17) is 0 Å². The van der Waals surface area contributed by atoms with Crippen molar-refractivity contribution in [3.05, 3.63) is 96.1 Å². The lowest BCUT2D eigenvalue weighted by Crippen LogP contribution is -2.41. The van der Waals surface area contributed by atoms with Gasteiger partial charge in [0.25, 0.3) is 0 Å². The van der Waals surface area contributed by atoms with Crippen molar-refractivity contribution in [3.63, 3.8) is 0 Å². The predicted octanol–water partition coefficient (Wildman–Crippen LogP) is 3.74. The summed E-state index contributed by atoms with van der Waals surface area (Å²) in [5.74, 6) is -1.99. The summed E-state index contributed by atoms with van der Waals surface area (Å²) in [5, 5.41) is 11.0. The number of nitrogens with one attached hydrogen (secondary N) is 3. The molecule has 33 heavy (non-hydrogen) atoms. The first-order valence-corrected chi connectivity index (χ1v) is 10.9. The highest BCUT2D eigenvalue weighted by atomic mass is 16.2. The van der Waals surface area contributed by atoms with E-state index in [0.29, 0.717) is 0 Å². The molecular weight excluding hydrogens is 414 g/mol. The van der Waals surface area contributed by atoms with Crippen LogP contribution >= 0.6 is 0 Å². The molecule has 0 spiro atoms. The van der Waals surface area contributed by atoms with E-state index in [1.807, 2.05) is 36.4 Å². The minimum Gasteiger partial charge on any atom is -0.344 e. The van der Waals surface area contributed by atoms with Crippen LogP contribution in [0.15, 0.2) is 79.4 Å². The summed E-state index contributed by atoms with van der Waals surface area (Å²) in [4.78, 5) is 35.2. The molecule has 0 saturated carbocycles. The monoisotopic (exact) mass is 443 g/mol. The molecule has 1 unspecified atom stereocenters. The molecule has 2 amide bonds. The number of rotatable bonds is 9. The zero-order valence-corrected chi connectivity index (χ0v) is 18.9. The third-order valence-corrected chi connectivity index (χ3v) is 5.61. The lowest BCUT2D eigenvalue weighted by molar-refractivity contribution is -0.139. The Kier molecular flexibility index (Phi) is 8.11. The van der Waals surface area contributed by atoms with Gasteiger partial charge in [0.2, 0.25) is 0 Å². The summed E-state index contributed by atoms with van der Waals surface area (Å²) in [6.07, 6.45) is 1.10. The highest BCUT2D eigenvalue weighted by Gasteiger charge is 2.18. The van der Waals surface area contributed by atoms with Gasteiger partial charge < -0.3 is 16.0 Å². The number of hydrogen-bond acceptors (Lipinski definition) is 4. The summed E-state index contributed by atoms with van der Waals surface area (Å²) in [6.45, 7) is 7.50. The van der Waals surface area contributed by atoms with Crippen LogP contribution in [0.25, 0.3) is 10.8 Å². The average Bonchev–Trinajstić information content (AvgIpc) is 2.85. The second-order valence-corrected chi connectivity index (χ2v) is 7.91. The van der Waals surface area contributed by atoms with Gasteiger partial charge in [-0.2, -0.15) is 0 Å². The van der Waals surface area contributed by atoms with Crippen molar-refractivity contribution in [2.75, 3.05) is 6.54 Å². The molecule has 0 radical (unpaired) electrons. The number of ketones is 1. The minimum atomic E-state index is -0.849. The Hall–Kier alpha value is -3.77. The highest BCUT2D eigenvalue weighted by molar-refractivity contribution is 6.35. The first-order chi connectivity index (χ1) is 15.9. The number of carbonyl (C=O) groups is 3. The van der Waals surface area contributed by atoms with E-state index >= 15 is 0 Å². The average molecular weight is 444 g/mol. The van der Waals surface area contributed by atoms with E-state index < -0.39 is 11.8 Å². The molecule has 3 aromatic carbocycles. The van der Waals surface area contributed by atoms with Gasteiger partial charge in [-0.05, 0) is 47.4 Å². The third kappa shape index (κ3) is 6.14. The van der Waals surface area contributed by atoms with E-state index in [-0.39, 0.29) is 31.0 Å². The van der Waals surface area contributed by atoms with Crippen LogP contribution in [0, 0.1) is 0 Å². The SMILES string of the molecule is C=CC(=O)CNC(=O)C(=O)NCc1ccccc1C(C)N[C@H](C)c1cccc2ccccc12. The lowest BCUT2D eigenvalue weighted by Gasteiger charge is -2.24. The van der Waals surface area contributed by atoms with E-state index in [2.05, 4.69) is 66.7 Å². The van der Waals surface area contributed by atoms with Crippen molar-refractivity contribution >= 4 is 28.4 Å². The van der Waals surface area contributed by atoms with Gasteiger partial charge in [0.1, 0.15) is 0 Å². The lowest BCUT2D eigenvalue weighted by atomic mass is 9.97. The number of fused-ring (bicyclic) bond motifs is 1. The molecule has 0 heterocycles. The number of benzene rings is 3. The minimum absolute atomic E-state index is 0.00566. The highest BCUT2D eigenvalue weighted by Crippen LogP contribution is 2.27. The zero-order valence-electron chi connectivity index (χ0n) is 18.9. The normalized spacial score (nSPS) is 12.5. The van der Waals surface area contributed by atoms with Gasteiger partial charge in [-0.25, -0.2) is 0 Å². The molecule has 0 aromatic heterocycles. The Labute approximate surface area is 194 Å². The van der Waals surface area contributed by atoms with E-state index in [1.165, 1.54) is 16.3 Å². The Morgan fingerprint density at radius 1 is 0.818 bits per heavy atom. The molecule has 170 valence electrons. The maximum absolute atomic E-state index is 12.1. The van der Waals surface area contributed by atoms with E-state index in [1.54, 1.807) is 0 Å². The van der Waals surface area contributed by atoms with Crippen molar-refractivity contribution in [1.82, 2.24) is 16.0 Å². The van der Waals surface area contributed by atoms with Gasteiger partial charge in [0.05, 0.1) is 6.54 Å². The molecule has 0 aliphatic carbocycles. The molecular formula is C27H29N3O3. The van der Waals surface area contributed by atoms with Crippen LogP contribution in [-0.2, 0) is 20.9 Å². The fraction of sp³-hybridized carbons (Fsp3) is 0.222. The number of carbonyl (C=O) groups excluding carboxylic acids is 3. The Morgan fingerprint density at radius 3 is 2.21 bits per heavy atom. The van der Waals surface area contributed by atoms with Crippen molar-refractivity contribution in [1.29, 1.82) is 0 Å². The van der Waals surface area contributed by atoms with Crippen molar-refractivity contribution in [3.8, 4) is 0 Å². The first kappa shape index (κ1) is 23.9. The van der Waals surface area contributed by atoms with Gasteiger partial charge in [-0.3, -0.25) is 14.4 Å². The molecule has 6 heteroatoms. The zero-order chi connectivity index (χ0) is 23.8. The number of hydrogen-bond donors (Lipinski definition) is 3. The molecule has 6 nitrogen and oxygen atoms in total. The van der Waals surface area contributed by atoms with Gasteiger partial charge >= 0.3 is 11.8 Å². The second kappa shape index (κ2) is 11.2. The van der Waals surface area contributed by atoms with Gasteiger partial charge in [-0.15, -0.1) is 0 Å². The van der Waals surface area contributed by atoms with Gasteiger partial charge in [0.15, 0.2) is 5.78 Å². The topological polar surface area (TPSA) is 87.3 Å². The summed E-state index contributed by atoms with van der Waals surface area (Å²) in [7, 11) is 0. The fourth-order valence-electron chi connectivity index (χ4n) is 3.88.